The molecular weight excluding hydrogens is 431 g/mol. The Bertz CT molecular complexity index is 1020. The highest BCUT2D eigenvalue weighted by atomic mass is 19.4. The first-order valence-corrected chi connectivity index (χ1v) is 11.8. The van der Waals surface area contributed by atoms with Crippen molar-refractivity contribution in [3.05, 3.63) is 63.5 Å². The molecule has 0 radical (unpaired) electrons. The van der Waals surface area contributed by atoms with E-state index in [9.17, 15) is 23.4 Å². The van der Waals surface area contributed by atoms with E-state index in [-0.39, 0.29) is 11.3 Å². The van der Waals surface area contributed by atoms with E-state index in [0.29, 0.717) is 30.8 Å². The van der Waals surface area contributed by atoms with E-state index < -0.39 is 23.9 Å². The van der Waals surface area contributed by atoms with Crippen LogP contribution < -0.4 is 0 Å². The second-order valence-electron chi connectivity index (χ2n) is 10.1. The lowest BCUT2D eigenvalue weighted by Gasteiger charge is -2.47. The number of aliphatic hydroxyl groups excluding tert-OH is 2. The van der Waals surface area contributed by atoms with Crippen LogP contribution in [0.4, 0.5) is 13.2 Å². The van der Waals surface area contributed by atoms with Gasteiger partial charge in [-0.3, -0.25) is 4.98 Å². The minimum absolute atomic E-state index is 0.109. The molecule has 3 aliphatic rings. The highest BCUT2D eigenvalue weighted by Gasteiger charge is 2.45. The van der Waals surface area contributed by atoms with E-state index >= 15 is 0 Å². The van der Waals surface area contributed by atoms with Crippen molar-refractivity contribution in [3.8, 4) is 0 Å². The molecule has 0 amide bonds. The molecule has 1 saturated heterocycles. The average Bonchev–Trinajstić information content (AvgIpc) is 2.77. The van der Waals surface area contributed by atoms with Gasteiger partial charge in [0.1, 0.15) is 6.10 Å². The van der Waals surface area contributed by atoms with Gasteiger partial charge in [0, 0.05) is 36.0 Å². The lowest BCUT2D eigenvalue weighted by molar-refractivity contribution is -0.137. The van der Waals surface area contributed by atoms with Gasteiger partial charge in [-0.25, -0.2) is 0 Å². The van der Waals surface area contributed by atoms with E-state index in [4.69, 9.17) is 9.72 Å². The standard InChI is InChI=1S/C26H30F3NO3/c1-15-21-19(13-25(9-2-10-25)14-20(21)31)30-23(16-7-11-33-12-8-16)22(15)24(32)17-3-5-18(6-4-17)26(27,28)29/h3-6,16,20,24,31-32H,2,7-14H2,1H3/t20?,24-/m1/s1. The molecule has 1 spiro atoms. The number of fused-ring (bicyclic) bond motifs is 1. The topological polar surface area (TPSA) is 62.6 Å². The fourth-order valence-corrected chi connectivity index (χ4v) is 6.04. The van der Waals surface area contributed by atoms with Crippen LogP contribution in [0.3, 0.4) is 0 Å². The maximum atomic E-state index is 13.0. The monoisotopic (exact) mass is 461 g/mol. The summed E-state index contributed by atoms with van der Waals surface area (Å²) < 4.78 is 44.6. The molecule has 5 rings (SSSR count). The number of alkyl halides is 3. The van der Waals surface area contributed by atoms with Crippen LogP contribution in [0.15, 0.2) is 24.3 Å². The molecule has 2 fully saturated rings. The maximum absolute atomic E-state index is 13.0. The second kappa shape index (κ2) is 8.36. The highest BCUT2D eigenvalue weighted by molar-refractivity contribution is 5.48. The Hall–Kier alpha value is -1.96. The first kappa shape index (κ1) is 22.8. The van der Waals surface area contributed by atoms with E-state index in [1.54, 1.807) is 0 Å². The van der Waals surface area contributed by atoms with Crippen molar-refractivity contribution in [2.24, 2.45) is 5.41 Å². The van der Waals surface area contributed by atoms with Gasteiger partial charge in [-0.15, -0.1) is 0 Å². The van der Waals surface area contributed by atoms with Gasteiger partial charge >= 0.3 is 6.18 Å². The third-order valence-electron chi connectivity index (χ3n) is 8.00. The van der Waals surface area contributed by atoms with E-state index in [2.05, 4.69) is 0 Å². The zero-order chi connectivity index (χ0) is 23.4. The summed E-state index contributed by atoms with van der Waals surface area (Å²) in [5.41, 5.74) is 3.75. The van der Waals surface area contributed by atoms with Gasteiger partial charge < -0.3 is 14.9 Å². The number of rotatable bonds is 3. The number of aliphatic hydroxyl groups is 2. The van der Waals surface area contributed by atoms with Crippen LogP contribution in [-0.2, 0) is 17.3 Å². The minimum atomic E-state index is -4.43. The Morgan fingerprint density at radius 3 is 2.36 bits per heavy atom. The van der Waals surface area contributed by atoms with Crippen molar-refractivity contribution in [2.45, 2.75) is 76.2 Å². The van der Waals surface area contributed by atoms with E-state index in [1.165, 1.54) is 18.6 Å². The molecule has 2 N–H and O–H groups in total. The van der Waals surface area contributed by atoms with Gasteiger partial charge in [0.05, 0.1) is 17.4 Å². The fourth-order valence-electron chi connectivity index (χ4n) is 6.04. The van der Waals surface area contributed by atoms with E-state index in [0.717, 1.165) is 66.8 Å². The molecule has 1 saturated carbocycles. The average molecular weight is 462 g/mol. The van der Waals surface area contributed by atoms with Crippen molar-refractivity contribution in [1.29, 1.82) is 0 Å². The van der Waals surface area contributed by atoms with Crippen LogP contribution in [0.5, 0.6) is 0 Å². The molecule has 2 aromatic rings. The number of aromatic nitrogens is 1. The summed E-state index contributed by atoms with van der Waals surface area (Å²) in [7, 11) is 0. The van der Waals surface area contributed by atoms with Crippen LogP contribution >= 0.6 is 0 Å². The molecule has 4 nitrogen and oxygen atoms in total. The number of nitrogens with zero attached hydrogens (tertiary/aromatic N) is 1. The summed E-state index contributed by atoms with van der Waals surface area (Å²) in [5.74, 6) is 0.109. The van der Waals surface area contributed by atoms with Crippen molar-refractivity contribution in [2.75, 3.05) is 13.2 Å². The zero-order valence-electron chi connectivity index (χ0n) is 18.8. The van der Waals surface area contributed by atoms with Crippen molar-refractivity contribution in [1.82, 2.24) is 4.98 Å². The largest absolute Gasteiger partial charge is 0.416 e. The Morgan fingerprint density at radius 2 is 1.79 bits per heavy atom. The predicted octanol–water partition coefficient (Wildman–Crippen LogP) is 5.53. The van der Waals surface area contributed by atoms with Crippen LogP contribution in [0, 0.1) is 12.3 Å². The normalized spacial score (nSPS) is 23.8. The molecule has 0 bridgehead atoms. The van der Waals surface area contributed by atoms with Crippen molar-refractivity contribution in [3.63, 3.8) is 0 Å². The number of benzene rings is 1. The Kier molecular flexibility index (Phi) is 5.78. The predicted molar refractivity (Wildman–Crippen MR) is 117 cm³/mol. The quantitative estimate of drug-likeness (QED) is 0.631. The summed E-state index contributed by atoms with van der Waals surface area (Å²) in [4.78, 5) is 5.07. The van der Waals surface area contributed by atoms with Gasteiger partial charge in [0.15, 0.2) is 0 Å². The zero-order valence-corrected chi connectivity index (χ0v) is 18.8. The lowest BCUT2D eigenvalue weighted by Crippen LogP contribution is -2.38. The summed E-state index contributed by atoms with van der Waals surface area (Å²) in [6.45, 7) is 3.14. The molecular formula is C26H30F3NO3. The number of hydrogen-bond acceptors (Lipinski definition) is 4. The molecule has 1 aromatic carbocycles. The van der Waals surface area contributed by atoms with Gasteiger partial charge in [-0.05, 0) is 74.1 Å². The molecule has 178 valence electrons. The molecule has 2 aliphatic carbocycles. The fraction of sp³-hybridized carbons (Fsp3) is 0.577. The number of halogens is 3. The second-order valence-corrected chi connectivity index (χ2v) is 10.1. The molecule has 1 aromatic heterocycles. The van der Waals surface area contributed by atoms with Crippen molar-refractivity contribution >= 4 is 0 Å². The summed E-state index contributed by atoms with van der Waals surface area (Å²) in [6.07, 6.45) is 0.317. The van der Waals surface area contributed by atoms with E-state index in [1.807, 2.05) is 6.92 Å². The third-order valence-corrected chi connectivity index (χ3v) is 8.00. The number of pyridine rings is 1. The Balaban J connectivity index is 1.60. The summed E-state index contributed by atoms with van der Waals surface area (Å²) in [6, 6.07) is 4.67. The molecule has 7 heteroatoms. The number of ether oxygens (including phenoxy) is 1. The van der Waals surface area contributed by atoms with Gasteiger partial charge in [0.2, 0.25) is 0 Å². The van der Waals surface area contributed by atoms with Crippen LogP contribution in [0.2, 0.25) is 0 Å². The van der Waals surface area contributed by atoms with Crippen molar-refractivity contribution < 1.29 is 28.1 Å². The smallest absolute Gasteiger partial charge is 0.388 e. The van der Waals surface area contributed by atoms with Gasteiger partial charge in [0.25, 0.3) is 0 Å². The molecule has 2 heterocycles. The lowest BCUT2D eigenvalue weighted by atomic mass is 9.59. The highest BCUT2D eigenvalue weighted by Crippen LogP contribution is 2.54. The molecule has 1 unspecified atom stereocenters. The van der Waals surface area contributed by atoms with Gasteiger partial charge in [-0.2, -0.15) is 13.2 Å². The maximum Gasteiger partial charge on any atom is 0.416 e. The van der Waals surface area contributed by atoms with Crippen LogP contribution in [-0.4, -0.2) is 28.4 Å². The van der Waals surface area contributed by atoms with Crippen LogP contribution in [0.1, 0.15) is 95.9 Å². The Labute approximate surface area is 191 Å². The Morgan fingerprint density at radius 1 is 1.12 bits per heavy atom. The third kappa shape index (κ3) is 4.08. The minimum Gasteiger partial charge on any atom is -0.388 e. The molecule has 2 atom stereocenters. The SMILES string of the molecule is Cc1c2c(nc(C3CCOCC3)c1[C@H](O)c1ccc(C(F)(F)F)cc1)CC1(CCC1)CC2O. The number of hydrogen-bond donors (Lipinski definition) is 2. The molecule has 33 heavy (non-hydrogen) atoms. The summed E-state index contributed by atoms with van der Waals surface area (Å²) in [5, 5.41) is 22.5. The molecule has 1 aliphatic heterocycles. The summed E-state index contributed by atoms with van der Waals surface area (Å²) >= 11 is 0. The van der Waals surface area contributed by atoms with Crippen LogP contribution in [0.25, 0.3) is 0 Å². The van der Waals surface area contributed by atoms with Gasteiger partial charge in [-0.1, -0.05) is 18.6 Å². The first-order chi connectivity index (χ1) is 15.7. The first-order valence-electron chi connectivity index (χ1n) is 11.8.